The maximum absolute atomic E-state index is 5.66. The predicted octanol–water partition coefficient (Wildman–Crippen LogP) is 3.70. The van der Waals surface area contributed by atoms with Gasteiger partial charge in [0.2, 0.25) is 0 Å². The normalized spacial score (nSPS) is 19.6. The lowest BCUT2D eigenvalue weighted by molar-refractivity contribution is 0.255. The molecule has 1 saturated carbocycles. The number of hydrogen-bond acceptors (Lipinski definition) is 2. The average Bonchev–Trinajstić information content (AvgIpc) is 2.19. The molecule has 1 rings (SSSR count). The lowest BCUT2D eigenvalue weighted by Crippen LogP contribution is -2.13. The summed E-state index contributed by atoms with van der Waals surface area (Å²) in [6.45, 7) is 5.69. The minimum atomic E-state index is -0.579. The molecule has 2 nitrogen and oxygen atoms in total. The van der Waals surface area contributed by atoms with E-state index in [0.29, 0.717) is 5.66 Å². The van der Waals surface area contributed by atoms with Crippen molar-refractivity contribution in [1.29, 1.82) is 0 Å². The van der Waals surface area contributed by atoms with Crippen LogP contribution in [-0.2, 0) is 9.05 Å². The second-order valence-electron chi connectivity index (χ2n) is 3.41. The van der Waals surface area contributed by atoms with Crippen LogP contribution in [0.4, 0.5) is 0 Å². The van der Waals surface area contributed by atoms with Gasteiger partial charge in [-0.05, 0) is 26.7 Å². The van der Waals surface area contributed by atoms with Crippen LogP contribution in [-0.4, -0.2) is 18.9 Å². The van der Waals surface area contributed by atoms with Crippen LogP contribution in [0.2, 0.25) is 0 Å². The summed E-state index contributed by atoms with van der Waals surface area (Å²) in [5, 5.41) is 0. The maximum Gasteiger partial charge on any atom is 0.173 e. The molecule has 0 aromatic rings. The first-order chi connectivity index (χ1) is 6.38. The molecule has 0 aromatic carbocycles. The highest BCUT2D eigenvalue weighted by molar-refractivity contribution is 7.48. The molecule has 13 heavy (non-hydrogen) atoms. The first-order valence-electron chi connectivity index (χ1n) is 5.43. The summed E-state index contributed by atoms with van der Waals surface area (Å²) < 4.78 is 11.3. The standard InChI is InChI=1S/C10H21O2P/c1-3-11-13(12-4-2)10-8-6-5-7-9-10/h10H,3-9H2,1-2H3. The van der Waals surface area contributed by atoms with Crippen LogP contribution in [0.3, 0.4) is 0 Å². The van der Waals surface area contributed by atoms with Gasteiger partial charge in [0.15, 0.2) is 8.38 Å². The van der Waals surface area contributed by atoms with Gasteiger partial charge >= 0.3 is 0 Å². The van der Waals surface area contributed by atoms with Crippen LogP contribution in [0, 0.1) is 0 Å². The molecule has 3 heteroatoms. The average molecular weight is 204 g/mol. The van der Waals surface area contributed by atoms with Crippen LogP contribution < -0.4 is 0 Å². The van der Waals surface area contributed by atoms with Crippen molar-refractivity contribution in [3.8, 4) is 0 Å². The molecule has 0 saturated heterocycles. The Labute approximate surface area is 82.9 Å². The molecule has 0 aliphatic heterocycles. The zero-order chi connectivity index (χ0) is 9.52. The molecule has 0 aromatic heterocycles. The second-order valence-corrected chi connectivity index (χ2v) is 5.23. The third-order valence-corrected chi connectivity index (χ3v) is 4.52. The van der Waals surface area contributed by atoms with Crippen molar-refractivity contribution >= 4 is 8.38 Å². The maximum atomic E-state index is 5.66. The Morgan fingerprint density at radius 1 is 1.00 bits per heavy atom. The second kappa shape index (κ2) is 6.75. The van der Waals surface area contributed by atoms with Crippen LogP contribution >= 0.6 is 8.38 Å². The fourth-order valence-corrected chi connectivity index (χ4v) is 3.59. The van der Waals surface area contributed by atoms with Crippen LogP contribution in [0.15, 0.2) is 0 Å². The van der Waals surface area contributed by atoms with Crippen molar-refractivity contribution in [2.24, 2.45) is 0 Å². The molecule has 1 aliphatic rings. The summed E-state index contributed by atoms with van der Waals surface area (Å²) in [5.74, 6) is 0. The van der Waals surface area contributed by atoms with E-state index in [1.54, 1.807) is 0 Å². The highest BCUT2D eigenvalue weighted by Crippen LogP contribution is 2.49. The highest BCUT2D eigenvalue weighted by atomic mass is 31.2. The quantitative estimate of drug-likeness (QED) is 0.635. The smallest absolute Gasteiger partial charge is 0.173 e. The van der Waals surface area contributed by atoms with E-state index < -0.39 is 8.38 Å². The lowest BCUT2D eigenvalue weighted by Gasteiger charge is -2.28. The summed E-state index contributed by atoms with van der Waals surface area (Å²) in [6, 6.07) is 0. The summed E-state index contributed by atoms with van der Waals surface area (Å²) >= 11 is 0. The molecule has 0 spiro atoms. The largest absolute Gasteiger partial charge is 0.334 e. The first kappa shape index (κ1) is 11.4. The molecular formula is C10H21O2P. The van der Waals surface area contributed by atoms with E-state index in [4.69, 9.17) is 9.05 Å². The van der Waals surface area contributed by atoms with Crippen molar-refractivity contribution in [3.63, 3.8) is 0 Å². The number of hydrogen-bond donors (Lipinski definition) is 0. The minimum Gasteiger partial charge on any atom is -0.334 e. The van der Waals surface area contributed by atoms with Gasteiger partial charge in [0.25, 0.3) is 0 Å². The Hall–Kier alpha value is 0.350. The van der Waals surface area contributed by atoms with Crippen molar-refractivity contribution < 1.29 is 9.05 Å². The van der Waals surface area contributed by atoms with Gasteiger partial charge in [0.1, 0.15) is 0 Å². The van der Waals surface area contributed by atoms with Gasteiger partial charge in [-0.3, -0.25) is 0 Å². The van der Waals surface area contributed by atoms with Gasteiger partial charge in [-0.1, -0.05) is 19.3 Å². The molecule has 1 aliphatic carbocycles. The monoisotopic (exact) mass is 204 g/mol. The molecule has 78 valence electrons. The fourth-order valence-electron chi connectivity index (χ4n) is 1.79. The highest BCUT2D eigenvalue weighted by Gasteiger charge is 2.24. The lowest BCUT2D eigenvalue weighted by atomic mass is 10.0. The van der Waals surface area contributed by atoms with Crippen LogP contribution in [0.25, 0.3) is 0 Å². The third kappa shape index (κ3) is 3.93. The first-order valence-corrected chi connectivity index (χ1v) is 6.68. The Kier molecular flexibility index (Phi) is 5.93. The number of rotatable bonds is 5. The Morgan fingerprint density at radius 3 is 2.00 bits per heavy atom. The molecule has 0 heterocycles. The van der Waals surface area contributed by atoms with Crippen LogP contribution in [0.5, 0.6) is 0 Å². The molecule has 0 unspecified atom stereocenters. The predicted molar refractivity (Wildman–Crippen MR) is 57.0 cm³/mol. The zero-order valence-electron chi connectivity index (χ0n) is 8.79. The molecule has 0 radical (unpaired) electrons. The summed E-state index contributed by atoms with van der Waals surface area (Å²) in [4.78, 5) is 0. The Morgan fingerprint density at radius 2 is 1.54 bits per heavy atom. The molecule has 0 N–H and O–H groups in total. The van der Waals surface area contributed by atoms with Gasteiger partial charge in [0.05, 0.1) is 13.2 Å². The van der Waals surface area contributed by atoms with Gasteiger partial charge < -0.3 is 9.05 Å². The van der Waals surface area contributed by atoms with E-state index in [2.05, 4.69) is 13.8 Å². The Bertz CT molecular complexity index is 118. The van der Waals surface area contributed by atoms with Gasteiger partial charge in [0, 0.05) is 5.66 Å². The minimum absolute atomic E-state index is 0.579. The summed E-state index contributed by atoms with van der Waals surface area (Å²) in [6.07, 6.45) is 6.75. The van der Waals surface area contributed by atoms with Gasteiger partial charge in [-0.25, -0.2) is 0 Å². The van der Waals surface area contributed by atoms with Crippen molar-refractivity contribution in [3.05, 3.63) is 0 Å². The molecule has 0 atom stereocenters. The molecular weight excluding hydrogens is 183 g/mol. The van der Waals surface area contributed by atoms with Crippen molar-refractivity contribution in [2.45, 2.75) is 51.6 Å². The molecule has 0 bridgehead atoms. The van der Waals surface area contributed by atoms with E-state index in [9.17, 15) is 0 Å². The summed E-state index contributed by atoms with van der Waals surface area (Å²) in [5.41, 5.74) is 0.712. The van der Waals surface area contributed by atoms with E-state index in [1.165, 1.54) is 32.1 Å². The summed E-state index contributed by atoms with van der Waals surface area (Å²) in [7, 11) is -0.579. The van der Waals surface area contributed by atoms with Gasteiger partial charge in [-0.2, -0.15) is 0 Å². The third-order valence-electron chi connectivity index (χ3n) is 2.39. The molecule has 0 amide bonds. The van der Waals surface area contributed by atoms with Crippen molar-refractivity contribution in [1.82, 2.24) is 0 Å². The van der Waals surface area contributed by atoms with E-state index >= 15 is 0 Å². The van der Waals surface area contributed by atoms with Gasteiger partial charge in [-0.15, -0.1) is 0 Å². The fraction of sp³-hybridized carbons (Fsp3) is 1.00. The van der Waals surface area contributed by atoms with E-state index in [0.717, 1.165) is 13.2 Å². The van der Waals surface area contributed by atoms with Crippen molar-refractivity contribution in [2.75, 3.05) is 13.2 Å². The van der Waals surface area contributed by atoms with Crippen LogP contribution in [0.1, 0.15) is 46.0 Å². The van der Waals surface area contributed by atoms with E-state index in [1.807, 2.05) is 0 Å². The SMILES string of the molecule is CCOP(OCC)C1CCCCC1. The Balaban J connectivity index is 2.32. The topological polar surface area (TPSA) is 18.5 Å². The van der Waals surface area contributed by atoms with E-state index in [-0.39, 0.29) is 0 Å². The molecule has 1 fully saturated rings. The zero-order valence-corrected chi connectivity index (χ0v) is 9.69.